The van der Waals surface area contributed by atoms with E-state index in [1.165, 1.54) is 50.6 Å². The molecule has 3 heteroatoms. The number of nitrogens with zero attached hydrogens (tertiary/aromatic N) is 1. The van der Waals surface area contributed by atoms with Crippen LogP contribution in [-0.2, 0) is 6.54 Å². The summed E-state index contributed by atoms with van der Waals surface area (Å²) in [5.74, 6) is 1.09. The average Bonchev–Trinajstić information content (AvgIpc) is 3.09. The number of nitrogen functional groups attached to an aromatic ring is 1. The number of nitrogens with two attached hydrogens (primary N) is 1. The van der Waals surface area contributed by atoms with Crippen molar-refractivity contribution in [3.8, 4) is 0 Å². The molecule has 0 radical (unpaired) electrons. The molecule has 0 spiro atoms. The zero-order chi connectivity index (χ0) is 13.9. The van der Waals surface area contributed by atoms with Crippen molar-refractivity contribution in [3.63, 3.8) is 0 Å². The Morgan fingerprint density at radius 2 is 1.80 bits per heavy atom. The predicted octanol–water partition coefficient (Wildman–Crippen LogP) is 3.13. The van der Waals surface area contributed by atoms with Crippen LogP contribution in [0.15, 0.2) is 24.3 Å². The van der Waals surface area contributed by atoms with Crippen molar-refractivity contribution in [1.29, 1.82) is 5.41 Å². The molecule has 108 valence electrons. The zero-order valence-corrected chi connectivity index (χ0v) is 12.1. The fourth-order valence-electron chi connectivity index (χ4n) is 3.95. The third-order valence-electron chi connectivity index (χ3n) is 5.01. The first-order valence-corrected chi connectivity index (χ1v) is 7.91. The molecule has 0 bridgehead atoms. The maximum Gasteiger partial charge on any atom is 0.122 e. The molecule has 0 aromatic heterocycles. The van der Waals surface area contributed by atoms with Crippen molar-refractivity contribution < 1.29 is 0 Å². The molecule has 1 saturated heterocycles. The first-order chi connectivity index (χ1) is 9.74. The van der Waals surface area contributed by atoms with Gasteiger partial charge in [-0.15, -0.1) is 0 Å². The second kappa shape index (κ2) is 5.96. The van der Waals surface area contributed by atoms with Crippen LogP contribution in [0.1, 0.15) is 49.7 Å². The summed E-state index contributed by atoms with van der Waals surface area (Å²) in [6, 6.07) is 9.00. The fraction of sp³-hybridized carbons (Fsp3) is 0.588. The normalized spacial score (nSPS) is 24.3. The SMILES string of the molecule is N=C(N)c1ccc(CN2CCCC2C2CCCC2)cc1. The summed E-state index contributed by atoms with van der Waals surface area (Å²) in [6.07, 6.45) is 8.47. The second-order valence-electron chi connectivity index (χ2n) is 6.34. The molecule has 3 nitrogen and oxygen atoms in total. The molecule has 1 unspecified atom stereocenters. The van der Waals surface area contributed by atoms with Crippen molar-refractivity contribution in [1.82, 2.24) is 4.90 Å². The van der Waals surface area contributed by atoms with E-state index in [1.807, 2.05) is 12.1 Å². The van der Waals surface area contributed by atoms with Crippen LogP contribution in [0.2, 0.25) is 0 Å². The predicted molar refractivity (Wildman–Crippen MR) is 82.8 cm³/mol. The van der Waals surface area contributed by atoms with E-state index >= 15 is 0 Å². The molecule has 3 N–H and O–H groups in total. The minimum absolute atomic E-state index is 0.154. The molecule has 1 aliphatic carbocycles. The highest BCUT2D eigenvalue weighted by molar-refractivity contribution is 5.94. The fourth-order valence-corrected chi connectivity index (χ4v) is 3.95. The molecule has 2 fully saturated rings. The maximum absolute atomic E-state index is 7.44. The average molecular weight is 271 g/mol. The smallest absolute Gasteiger partial charge is 0.122 e. The number of amidine groups is 1. The van der Waals surface area contributed by atoms with Crippen LogP contribution in [0.4, 0.5) is 0 Å². The van der Waals surface area contributed by atoms with Crippen molar-refractivity contribution in [3.05, 3.63) is 35.4 Å². The Morgan fingerprint density at radius 3 is 2.45 bits per heavy atom. The van der Waals surface area contributed by atoms with Gasteiger partial charge in [-0.3, -0.25) is 10.3 Å². The van der Waals surface area contributed by atoms with Crippen molar-refractivity contribution in [2.75, 3.05) is 6.54 Å². The lowest BCUT2D eigenvalue weighted by Gasteiger charge is -2.29. The van der Waals surface area contributed by atoms with Gasteiger partial charge in [0.25, 0.3) is 0 Å². The summed E-state index contributed by atoms with van der Waals surface area (Å²) in [5, 5.41) is 7.44. The van der Waals surface area contributed by atoms with Gasteiger partial charge in [-0.1, -0.05) is 37.1 Å². The van der Waals surface area contributed by atoms with Gasteiger partial charge >= 0.3 is 0 Å². The van der Waals surface area contributed by atoms with Gasteiger partial charge in [-0.25, -0.2) is 0 Å². The lowest BCUT2D eigenvalue weighted by atomic mass is 9.95. The largest absolute Gasteiger partial charge is 0.384 e. The van der Waals surface area contributed by atoms with Gasteiger partial charge in [0.2, 0.25) is 0 Å². The summed E-state index contributed by atoms with van der Waals surface area (Å²) < 4.78 is 0. The Labute approximate surface area is 121 Å². The highest BCUT2D eigenvalue weighted by atomic mass is 15.2. The van der Waals surface area contributed by atoms with Crippen LogP contribution in [0, 0.1) is 11.3 Å². The summed E-state index contributed by atoms with van der Waals surface area (Å²) in [5.41, 5.74) is 7.67. The Morgan fingerprint density at radius 1 is 1.10 bits per heavy atom. The van der Waals surface area contributed by atoms with Gasteiger partial charge in [-0.2, -0.15) is 0 Å². The summed E-state index contributed by atoms with van der Waals surface area (Å²) in [7, 11) is 0. The number of nitrogens with one attached hydrogen (secondary N) is 1. The molecular formula is C17H25N3. The lowest BCUT2D eigenvalue weighted by molar-refractivity contribution is 0.183. The molecule has 20 heavy (non-hydrogen) atoms. The van der Waals surface area contributed by atoms with E-state index < -0.39 is 0 Å². The number of likely N-dealkylation sites (tertiary alicyclic amines) is 1. The lowest BCUT2D eigenvalue weighted by Crippen LogP contribution is -2.34. The van der Waals surface area contributed by atoms with E-state index in [0.717, 1.165) is 24.1 Å². The molecule has 1 saturated carbocycles. The molecule has 1 aromatic rings. The van der Waals surface area contributed by atoms with Gasteiger partial charge in [0.1, 0.15) is 5.84 Å². The number of hydrogen-bond donors (Lipinski definition) is 2. The van der Waals surface area contributed by atoms with E-state index in [9.17, 15) is 0 Å². The summed E-state index contributed by atoms with van der Waals surface area (Å²) in [6.45, 7) is 2.30. The van der Waals surface area contributed by atoms with Gasteiger partial charge in [0.05, 0.1) is 0 Å². The van der Waals surface area contributed by atoms with Crippen molar-refractivity contribution >= 4 is 5.84 Å². The van der Waals surface area contributed by atoms with Crippen LogP contribution in [0.5, 0.6) is 0 Å². The number of hydrogen-bond acceptors (Lipinski definition) is 2. The van der Waals surface area contributed by atoms with Crippen LogP contribution in [0.25, 0.3) is 0 Å². The molecule has 1 atom stereocenters. The Balaban J connectivity index is 1.65. The second-order valence-corrected chi connectivity index (χ2v) is 6.34. The highest BCUT2D eigenvalue weighted by Gasteiger charge is 2.32. The number of benzene rings is 1. The monoisotopic (exact) mass is 271 g/mol. The van der Waals surface area contributed by atoms with Gasteiger partial charge in [-0.05, 0) is 43.7 Å². The van der Waals surface area contributed by atoms with Gasteiger partial charge < -0.3 is 5.73 Å². The van der Waals surface area contributed by atoms with Crippen molar-refractivity contribution in [2.45, 2.75) is 51.1 Å². The minimum atomic E-state index is 0.154. The first-order valence-electron chi connectivity index (χ1n) is 7.91. The molecule has 3 rings (SSSR count). The third-order valence-corrected chi connectivity index (χ3v) is 5.01. The van der Waals surface area contributed by atoms with E-state index in [0.29, 0.717) is 0 Å². The van der Waals surface area contributed by atoms with Gasteiger partial charge in [0, 0.05) is 18.2 Å². The molecule has 1 aromatic carbocycles. The highest BCUT2D eigenvalue weighted by Crippen LogP contribution is 2.35. The van der Waals surface area contributed by atoms with Crippen LogP contribution in [-0.4, -0.2) is 23.3 Å². The molecule has 2 aliphatic rings. The Kier molecular flexibility index (Phi) is 4.06. The Bertz CT molecular complexity index is 460. The summed E-state index contributed by atoms with van der Waals surface area (Å²) >= 11 is 0. The minimum Gasteiger partial charge on any atom is -0.384 e. The van der Waals surface area contributed by atoms with Crippen LogP contribution < -0.4 is 5.73 Å². The molecule has 0 amide bonds. The quantitative estimate of drug-likeness (QED) is 0.653. The van der Waals surface area contributed by atoms with E-state index in [-0.39, 0.29) is 5.84 Å². The zero-order valence-electron chi connectivity index (χ0n) is 12.1. The van der Waals surface area contributed by atoms with Crippen molar-refractivity contribution in [2.24, 2.45) is 11.7 Å². The maximum atomic E-state index is 7.44. The Hall–Kier alpha value is -1.35. The number of rotatable bonds is 4. The van der Waals surface area contributed by atoms with E-state index in [4.69, 9.17) is 11.1 Å². The van der Waals surface area contributed by atoms with Crippen LogP contribution in [0.3, 0.4) is 0 Å². The standard InChI is InChI=1S/C17H25N3/c18-17(19)15-9-7-13(8-10-15)12-20-11-3-6-16(20)14-4-1-2-5-14/h7-10,14,16H,1-6,11-12H2,(H3,18,19). The van der Waals surface area contributed by atoms with E-state index in [2.05, 4.69) is 17.0 Å². The first kappa shape index (κ1) is 13.6. The van der Waals surface area contributed by atoms with Gasteiger partial charge in [0.15, 0.2) is 0 Å². The van der Waals surface area contributed by atoms with E-state index in [1.54, 1.807) is 0 Å². The topological polar surface area (TPSA) is 53.1 Å². The third kappa shape index (κ3) is 2.88. The summed E-state index contributed by atoms with van der Waals surface area (Å²) in [4.78, 5) is 2.68. The molecule has 1 heterocycles. The molecule has 1 aliphatic heterocycles. The van der Waals surface area contributed by atoms with Crippen LogP contribution >= 0.6 is 0 Å². The molecular weight excluding hydrogens is 246 g/mol.